The van der Waals surface area contributed by atoms with Gasteiger partial charge in [0, 0.05) is 5.56 Å². The molecule has 2 N–H and O–H groups in total. The van der Waals surface area contributed by atoms with Gasteiger partial charge in [-0.2, -0.15) is 8.42 Å². The normalized spacial score (nSPS) is 11.1. The number of aryl methyl sites for hydroxylation is 2. The highest BCUT2D eigenvalue weighted by Crippen LogP contribution is 2.26. The van der Waals surface area contributed by atoms with Gasteiger partial charge in [-0.25, -0.2) is 0 Å². The number of para-hydroxylation sites is 1. The van der Waals surface area contributed by atoms with Crippen LogP contribution in [-0.2, 0) is 10.1 Å². The van der Waals surface area contributed by atoms with Gasteiger partial charge in [0.15, 0.2) is 0 Å². The first-order chi connectivity index (χ1) is 9.81. The molecule has 21 heavy (non-hydrogen) atoms. The van der Waals surface area contributed by atoms with Crippen molar-refractivity contribution in [3.05, 3.63) is 59.2 Å². The number of rotatable bonds is 4. The Bertz CT molecular complexity index is 760. The van der Waals surface area contributed by atoms with Crippen LogP contribution in [0.3, 0.4) is 0 Å². The monoisotopic (exact) mass is 305 g/mol. The molecule has 1 amide bonds. The number of amides is 1. The molecule has 2 aromatic rings. The van der Waals surface area contributed by atoms with Crippen LogP contribution >= 0.6 is 0 Å². The molecule has 0 aliphatic rings. The molecule has 0 radical (unpaired) electrons. The van der Waals surface area contributed by atoms with E-state index in [1.807, 2.05) is 6.07 Å². The third-order valence-electron chi connectivity index (χ3n) is 3.03. The molecule has 0 heterocycles. The third kappa shape index (κ3) is 3.22. The zero-order valence-electron chi connectivity index (χ0n) is 11.7. The van der Waals surface area contributed by atoms with Crippen LogP contribution in [0.1, 0.15) is 21.5 Å². The van der Waals surface area contributed by atoms with E-state index in [1.54, 1.807) is 26.0 Å². The zero-order valence-corrected chi connectivity index (χ0v) is 12.5. The molecule has 0 fully saturated rings. The lowest BCUT2D eigenvalue weighted by molar-refractivity contribution is 0.1000. The Balaban J connectivity index is 2.36. The molecule has 0 aromatic heterocycles. The molecule has 2 aromatic carbocycles. The van der Waals surface area contributed by atoms with E-state index in [4.69, 9.17) is 9.92 Å². The Morgan fingerprint density at radius 1 is 1.00 bits per heavy atom. The van der Waals surface area contributed by atoms with Crippen LogP contribution in [0.2, 0.25) is 0 Å². The first kappa shape index (κ1) is 15.1. The topological polar surface area (TPSA) is 86.5 Å². The summed E-state index contributed by atoms with van der Waals surface area (Å²) in [6.45, 7) is 3.54. The second-order valence-corrected chi connectivity index (χ2v) is 6.19. The van der Waals surface area contributed by atoms with Gasteiger partial charge in [-0.15, -0.1) is 0 Å². The number of primary amides is 1. The number of carbonyl (C=O) groups is 1. The van der Waals surface area contributed by atoms with Gasteiger partial charge in [-0.05, 0) is 49.2 Å². The van der Waals surface area contributed by atoms with Crippen LogP contribution in [0, 0.1) is 13.8 Å². The van der Waals surface area contributed by atoms with Gasteiger partial charge in [-0.3, -0.25) is 4.79 Å². The van der Waals surface area contributed by atoms with E-state index in [0.717, 1.165) is 11.1 Å². The first-order valence-electron chi connectivity index (χ1n) is 6.22. The summed E-state index contributed by atoms with van der Waals surface area (Å²) in [7, 11) is -3.95. The summed E-state index contributed by atoms with van der Waals surface area (Å²) in [6.07, 6.45) is 0. The van der Waals surface area contributed by atoms with E-state index < -0.39 is 16.0 Å². The number of nitrogens with two attached hydrogens (primary N) is 1. The van der Waals surface area contributed by atoms with Crippen molar-refractivity contribution in [3.8, 4) is 5.75 Å². The summed E-state index contributed by atoms with van der Waals surface area (Å²) >= 11 is 0. The predicted octanol–water partition coefficient (Wildman–Crippen LogP) is 2.17. The fourth-order valence-corrected chi connectivity index (χ4v) is 2.92. The Morgan fingerprint density at radius 3 is 2.00 bits per heavy atom. The van der Waals surface area contributed by atoms with E-state index in [0.29, 0.717) is 5.75 Å². The summed E-state index contributed by atoms with van der Waals surface area (Å²) in [4.78, 5) is 11.0. The number of carbonyl (C=O) groups excluding carboxylic acids is 1. The minimum absolute atomic E-state index is 0.0323. The fourth-order valence-electron chi connectivity index (χ4n) is 1.87. The van der Waals surface area contributed by atoms with E-state index >= 15 is 0 Å². The molecule has 2 rings (SSSR count). The second-order valence-electron chi connectivity index (χ2n) is 4.65. The van der Waals surface area contributed by atoms with E-state index in [2.05, 4.69) is 0 Å². The third-order valence-corrected chi connectivity index (χ3v) is 4.26. The van der Waals surface area contributed by atoms with E-state index in [-0.39, 0.29) is 10.5 Å². The first-order valence-corrected chi connectivity index (χ1v) is 7.62. The second kappa shape index (κ2) is 5.57. The van der Waals surface area contributed by atoms with Crippen LogP contribution in [0.15, 0.2) is 47.4 Å². The molecule has 0 spiro atoms. The lowest BCUT2D eigenvalue weighted by Gasteiger charge is -2.12. The minimum atomic E-state index is -3.95. The largest absolute Gasteiger partial charge is 0.378 e. The maximum absolute atomic E-state index is 12.2. The molecule has 0 aliphatic carbocycles. The van der Waals surface area contributed by atoms with Crippen LogP contribution < -0.4 is 9.92 Å². The fraction of sp³-hybridized carbons (Fsp3) is 0.133. The van der Waals surface area contributed by atoms with E-state index in [9.17, 15) is 13.2 Å². The van der Waals surface area contributed by atoms with Crippen molar-refractivity contribution in [2.45, 2.75) is 18.7 Å². The van der Waals surface area contributed by atoms with Gasteiger partial charge < -0.3 is 9.92 Å². The molecule has 0 aliphatic heterocycles. The molecule has 5 nitrogen and oxygen atoms in total. The molecule has 6 heteroatoms. The maximum atomic E-state index is 12.2. The summed E-state index contributed by atoms with van der Waals surface area (Å²) < 4.78 is 29.7. The number of benzene rings is 2. The van der Waals surface area contributed by atoms with Crippen molar-refractivity contribution in [1.29, 1.82) is 0 Å². The van der Waals surface area contributed by atoms with Crippen LogP contribution in [0.25, 0.3) is 0 Å². The van der Waals surface area contributed by atoms with Gasteiger partial charge >= 0.3 is 10.1 Å². The zero-order chi connectivity index (χ0) is 15.6. The maximum Gasteiger partial charge on any atom is 0.339 e. The Kier molecular flexibility index (Phi) is 3.99. The molecular weight excluding hydrogens is 290 g/mol. The highest BCUT2D eigenvalue weighted by atomic mass is 32.2. The van der Waals surface area contributed by atoms with Crippen molar-refractivity contribution >= 4 is 16.0 Å². The molecule has 110 valence electrons. The average Bonchev–Trinajstić information content (AvgIpc) is 2.43. The van der Waals surface area contributed by atoms with Gasteiger partial charge in [0.25, 0.3) is 0 Å². The lowest BCUT2D eigenvalue weighted by Crippen LogP contribution is -2.13. The minimum Gasteiger partial charge on any atom is -0.378 e. The van der Waals surface area contributed by atoms with E-state index in [1.165, 1.54) is 24.3 Å². The predicted molar refractivity (Wildman–Crippen MR) is 78.7 cm³/mol. The summed E-state index contributed by atoms with van der Waals surface area (Å²) in [5.74, 6) is -0.300. The van der Waals surface area contributed by atoms with Crippen molar-refractivity contribution in [2.24, 2.45) is 5.73 Å². The summed E-state index contributed by atoms with van der Waals surface area (Å²) in [5.41, 5.74) is 6.81. The quantitative estimate of drug-likeness (QED) is 0.877. The highest BCUT2D eigenvalue weighted by Gasteiger charge is 2.19. The van der Waals surface area contributed by atoms with Gasteiger partial charge in [-0.1, -0.05) is 18.2 Å². The Labute approximate surface area is 123 Å². The van der Waals surface area contributed by atoms with Crippen LogP contribution in [0.4, 0.5) is 0 Å². The highest BCUT2D eigenvalue weighted by molar-refractivity contribution is 7.87. The molecule has 0 bridgehead atoms. The molecule has 0 saturated carbocycles. The Hall–Kier alpha value is -2.34. The van der Waals surface area contributed by atoms with Crippen LogP contribution in [-0.4, -0.2) is 14.3 Å². The van der Waals surface area contributed by atoms with Crippen molar-refractivity contribution in [2.75, 3.05) is 0 Å². The molecule has 0 unspecified atom stereocenters. The van der Waals surface area contributed by atoms with Crippen molar-refractivity contribution in [3.63, 3.8) is 0 Å². The SMILES string of the molecule is Cc1cccc(C)c1OS(=O)(=O)c1ccc(C(N)=O)cc1. The van der Waals surface area contributed by atoms with Gasteiger partial charge in [0.1, 0.15) is 10.6 Å². The van der Waals surface area contributed by atoms with Crippen molar-refractivity contribution < 1.29 is 17.4 Å². The summed E-state index contributed by atoms with van der Waals surface area (Å²) in [5, 5.41) is 0. The average molecular weight is 305 g/mol. The molecule has 0 atom stereocenters. The Morgan fingerprint density at radius 2 is 1.52 bits per heavy atom. The summed E-state index contributed by atoms with van der Waals surface area (Å²) in [6, 6.07) is 10.7. The molecule has 0 saturated heterocycles. The standard InChI is InChI=1S/C15H15NO4S/c1-10-4-3-5-11(2)14(10)20-21(18,19)13-8-6-12(7-9-13)15(16)17/h3-9H,1-2H3,(H2,16,17). The van der Waals surface area contributed by atoms with Gasteiger partial charge in [0.2, 0.25) is 5.91 Å². The van der Waals surface area contributed by atoms with Crippen LogP contribution in [0.5, 0.6) is 5.75 Å². The van der Waals surface area contributed by atoms with Crippen molar-refractivity contribution in [1.82, 2.24) is 0 Å². The number of hydrogen-bond donors (Lipinski definition) is 1. The van der Waals surface area contributed by atoms with Gasteiger partial charge in [0.05, 0.1) is 0 Å². The number of hydrogen-bond acceptors (Lipinski definition) is 4. The lowest BCUT2D eigenvalue weighted by atomic mass is 10.1. The molecular formula is C15H15NO4S. The smallest absolute Gasteiger partial charge is 0.339 e.